The van der Waals surface area contributed by atoms with Crippen molar-refractivity contribution < 1.29 is 4.79 Å². The molecule has 2 N–H and O–H groups in total. The van der Waals surface area contributed by atoms with Crippen molar-refractivity contribution in [2.75, 3.05) is 6.67 Å². The number of carbonyl (C=O) groups is 1. The van der Waals surface area contributed by atoms with E-state index >= 15 is 0 Å². The number of rotatable bonds is 1. The maximum Gasteiger partial charge on any atom is 0.140 e. The van der Waals surface area contributed by atoms with E-state index in [0.29, 0.717) is 6.67 Å². The van der Waals surface area contributed by atoms with Crippen molar-refractivity contribution in [1.82, 2.24) is 10.6 Å². The van der Waals surface area contributed by atoms with Crippen molar-refractivity contribution in [2.45, 2.75) is 6.04 Å². The van der Waals surface area contributed by atoms with Gasteiger partial charge in [0, 0.05) is 0 Å². The van der Waals surface area contributed by atoms with Crippen LogP contribution in [0.3, 0.4) is 0 Å². The van der Waals surface area contributed by atoms with Crippen LogP contribution in [0.2, 0.25) is 0 Å². The Hall–Kier alpha value is -0.830. The van der Waals surface area contributed by atoms with Crippen LogP contribution in [0, 0.1) is 0 Å². The molecule has 0 aromatic rings. The number of carbonyl (C=O) groups excluding carboxylic acids is 1. The van der Waals surface area contributed by atoms with Crippen LogP contribution in [-0.4, -0.2) is 19.0 Å². The Morgan fingerprint density at radius 1 is 1.75 bits per heavy atom. The molecule has 1 atom stereocenters. The summed E-state index contributed by atoms with van der Waals surface area (Å²) in [5.41, 5.74) is 0. The molecule has 0 aliphatic carbocycles. The van der Waals surface area contributed by atoms with E-state index in [0.717, 1.165) is 6.29 Å². The Morgan fingerprint density at radius 3 is 3.00 bits per heavy atom. The Kier molecular flexibility index (Phi) is 1.64. The summed E-state index contributed by atoms with van der Waals surface area (Å²) in [7, 11) is 0. The minimum Gasteiger partial charge on any atom is -0.379 e. The van der Waals surface area contributed by atoms with Crippen molar-refractivity contribution in [3.8, 4) is 0 Å². The molecule has 8 heavy (non-hydrogen) atoms. The van der Waals surface area contributed by atoms with Crippen LogP contribution in [0.15, 0.2) is 12.3 Å². The summed E-state index contributed by atoms with van der Waals surface area (Å²) in [6.07, 6.45) is 4.42. The number of hydrogen-bond acceptors (Lipinski definition) is 3. The molecule has 1 unspecified atom stereocenters. The van der Waals surface area contributed by atoms with E-state index in [9.17, 15) is 4.79 Å². The third-order valence-corrected chi connectivity index (χ3v) is 1.01. The van der Waals surface area contributed by atoms with Gasteiger partial charge < -0.3 is 10.1 Å². The summed E-state index contributed by atoms with van der Waals surface area (Å²) in [4.78, 5) is 10.0. The van der Waals surface area contributed by atoms with Crippen molar-refractivity contribution in [3.63, 3.8) is 0 Å². The van der Waals surface area contributed by atoms with Gasteiger partial charge in [-0.25, -0.2) is 0 Å². The summed E-state index contributed by atoms with van der Waals surface area (Å²) in [6.45, 7) is 0.680. The number of nitrogens with one attached hydrogen (secondary N) is 2. The molecule has 1 aliphatic heterocycles. The third-order valence-electron chi connectivity index (χ3n) is 1.01. The van der Waals surface area contributed by atoms with Crippen LogP contribution < -0.4 is 10.6 Å². The van der Waals surface area contributed by atoms with E-state index in [1.807, 2.05) is 0 Å². The summed E-state index contributed by atoms with van der Waals surface area (Å²) >= 11 is 0. The molecular formula is C5H8N2O. The van der Waals surface area contributed by atoms with Gasteiger partial charge in [-0.2, -0.15) is 0 Å². The minimum atomic E-state index is -0.0868. The first-order valence-corrected chi connectivity index (χ1v) is 2.52. The van der Waals surface area contributed by atoms with Crippen LogP contribution in [0.4, 0.5) is 0 Å². The smallest absolute Gasteiger partial charge is 0.140 e. The second-order valence-electron chi connectivity index (χ2n) is 1.61. The molecule has 0 spiro atoms. The van der Waals surface area contributed by atoms with Gasteiger partial charge in [0.05, 0.1) is 12.7 Å². The second kappa shape index (κ2) is 2.47. The molecule has 0 amide bonds. The predicted octanol–water partition coefficient (Wildman–Crippen LogP) is -0.782. The van der Waals surface area contributed by atoms with Crippen molar-refractivity contribution >= 4 is 6.29 Å². The van der Waals surface area contributed by atoms with Gasteiger partial charge in [0.1, 0.15) is 6.29 Å². The molecule has 3 nitrogen and oxygen atoms in total. The van der Waals surface area contributed by atoms with Gasteiger partial charge >= 0.3 is 0 Å². The zero-order valence-corrected chi connectivity index (χ0v) is 4.42. The normalized spacial score (nSPS) is 26.8. The van der Waals surface area contributed by atoms with E-state index in [1.165, 1.54) is 0 Å². The molecule has 44 valence electrons. The van der Waals surface area contributed by atoms with Crippen LogP contribution in [0.5, 0.6) is 0 Å². The molecule has 0 bridgehead atoms. The summed E-state index contributed by atoms with van der Waals surface area (Å²) in [6, 6.07) is -0.0868. The fourth-order valence-corrected chi connectivity index (χ4v) is 0.569. The molecule has 0 aromatic heterocycles. The topological polar surface area (TPSA) is 41.1 Å². The van der Waals surface area contributed by atoms with Gasteiger partial charge in [-0.1, -0.05) is 0 Å². The van der Waals surface area contributed by atoms with E-state index in [2.05, 4.69) is 10.6 Å². The first-order valence-electron chi connectivity index (χ1n) is 2.52. The van der Waals surface area contributed by atoms with Gasteiger partial charge in [-0.3, -0.25) is 5.32 Å². The van der Waals surface area contributed by atoms with Crippen LogP contribution in [-0.2, 0) is 4.79 Å². The van der Waals surface area contributed by atoms with Gasteiger partial charge in [-0.15, -0.1) is 0 Å². The summed E-state index contributed by atoms with van der Waals surface area (Å²) in [5, 5.41) is 5.80. The van der Waals surface area contributed by atoms with Crippen molar-refractivity contribution in [2.24, 2.45) is 0 Å². The first kappa shape index (κ1) is 5.31. The van der Waals surface area contributed by atoms with E-state index in [4.69, 9.17) is 0 Å². The maximum absolute atomic E-state index is 10.0. The maximum atomic E-state index is 10.0. The summed E-state index contributed by atoms with van der Waals surface area (Å²) in [5.74, 6) is 0. The van der Waals surface area contributed by atoms with Gasteiger partial charge in [-0.05, 0) is 12.3 Å². The highest BCUT2D eigenvalue weighted by atomic mass is 16.1. The Bertz CT molecular complexity index is 111. The zero-order valence-electron chi connectivity index (χ0n) is 4.42. The van der Waals surface area contributed by atoms with E-state index in [-0.39, 0.29) is 6.04 Å². The van der Waals surface area contributed by atoms with E-state index in [1.54, 1.807) is 12.3 Å². The Balaban J connectivity index is 2.42. The SMILES string of the molecule is O=CC1C=CNCN1. The van der Waals surface area contributed by atoms with Gasteiger partial charge in [0.2, 0.25) is 0 Å². The lowest BCUT2D eigenvalue weighted by Crippen LogP contribution is -2.38. The van der Waals surface area contributed by atoms with Crippen molar-refractivity contribution in [3.05, 3.63) is 12.3 Å². The highest BCUT2D eigenvalue weighted by molar-refractivity contribution is 5.60. The lowest BCUT2D eigenvalue weighted by Gasteiger charge is -2.12. The zero-order chi connectivity index (χ0) is 5.82. The fraction of sp³-hybridized carbons (Fsp3) is 0.400. The number of aldehydes is 1. The predicted molar refractivity (Wildman–Crippen MR) is 30.1 cm³/mol. The van der Waals surface area contributed by atoms with E-state index < -0.39 is 0 Å². The average molecular weight is 112 g/mol. The first-order chi connectivity index (χ1) is 3.93. The molecule has 0 aromatic carbocycles. The van der Waals surface area contributed by atoms with Crippen LogP contribution in [0.1, 0.15) is 0 Å². The molecule has 0 radical (unpaired) electrons. The van der Waals surface area contributed by atoms with Gasteiger partial charge in [0.15, 0.2) is 0 Å². The largest absolute Gasteiger partial charge is 0.379 e. The van der Waals surface area contributed by atoms with Crippen molar-refractivity contribution in [1.29, 1.82) is 0 Å². The average Bonchev–Trinajstić information content (AvgIpc) is 1.90. The summed E-state index contributed by atoms with van der Waals surface area (Å²) < 4.78 is 0. The lowest BCUT2D eigenvalue weighted by molar-refractivity contribution is -0.108. The highest BCUT2D eigenvalue weighted by Crippen LogP contribution is 1.82. The van der Waals surface area contributed by atoms with Crippen LogP contribution >= 0.6 is 0 Å². The quantitative estimate of drug-likeness (QED) is 0.437. The molecule has 0 saturated heterocycles. The molecule has 0 saturated carbocycles. The van der Waals surface area contributed by atoms with Crippen LogP contribution in [0.25, 0.3) is 0 Å². The molecule has 1 aliphatic rings. The third kappa shape index (κ3) is 1.07. The van der Waals surface area contributed by atoms with Gasteiger partial charge in [0.25, 0.3) is 0 Å². The Morgan fingerprint density at radius 2 is 2.62 bits per heavy atom. The molecule has 1 heterocycles. The fourth-order valence-electron chi connectivity index (χ4n) is 0.569. The minimum absolute atomic E-state index is 0.0868. The molecule has 3 heteroatoms. The number of hydrogen-bond donors (Lipinski definition) is 2. The lowest BCUT2D eigenvalue weighted by atomic mass is 10.3. The second-order valence-corrected chi connectivity index (χ2v) is 1.61. The molecule has 1 rings (SSSR count). The standard InChI is InChI=1S/C5H8N2O/c8-3-5-1-2-6-4-7-5/h1-3,5-7H,4H2. The molecule has 0 fully saturated rings. The highest BCUT2D eigenvalue weighted by Gasteiger charge is 2.01. The molecular weight excluding hydrogens is 104 g/mol. The monoisotopic (exact) mass is 112 g/mol. The Labute approximate surface area is 47.8 Å².